The number of nitrogens with one attached hydrogen (secondary N) is 1. The summed E-state index contributed by atoms with van der Waals surface area (Å²) in [6.45, 7) is 3.63. The molecular formula is C13H16ClN4O4+. The first-order chi connectivity index (χ1) is 10.4. The lowest BCUT2D eigenvalue weighted by Crippen LogP contribution is -2.32. The molecule has 0 aromatic carbocycles. The van der Waals surface area contributed by atoms with Gasteiger partial charge in [-0.05, 0) is 25.4 Å². The molecule has 2 aromatic rings. The number of hydrogen-bond acceptors (Lipinski definition) is 6. The maximum absolute atomic E-state index is 10.1. The van der Waals surface area contributed by atoms with E-state index in [-0.39, 0.29) is 12.1 Å². The van der Waals surface area contributed by atoms with Gasteiger partial charge >= 0.3 is 0 Å². The van der Waals surface area contributed by atoms with E-state index >= 15 is 0 Å². The van der Waals surface area contributed by atoms with E-state index in [9.17, 15) is 10.2 Å². The fourth-order valence-corrected chi connectivity index (χ4v) is 3.26. The number of imidazole rings is 1. The van der Waals surface area contributed by atoms with E-state index in [1.54, 1.807) is 0 Å². The fourth-order valence-electron chi connectivity index (χ4n) is 3.05. The molecule has 0 amide bonds. The summed E-state index contributed by atoms with van der Waals surface area (Å²) in [5, 5.41) is 29.4. The Morgan fingerprint density at radius 3 is 2.68 bits per heavy atom. The first-order valence-electron chi connectivity index (χ1n) is 7.01. The van der Waals surface area contributed by atoms with Crippen LogP contribution in [0.5, 0.6) is 0 Å². The second-order valence-electron chi connectivity index (χ2n) is 6.20. The summed E-state index contributed by atoms with van der Waals surface area (Å²) in [5.41, 5.74) is 0.955. The van der Waals surface area contributed by atoms with Gasteiger partial charge in [0.25, 0.3) is 11.5 Å². The molecule has 0 radical (unpaired) electrons. The molecule has 4 heterocycles. The lowest BCUT2D eigenvalue weighted by molar-refractivity contribution is -0.594. The molecule has 2 aliphatic heterocycles. The maximum Gasteiger partial charge on any atom is 0.294 e. The van der Waals surface area contributed by atoms with Gasteiger partial charge in [-0.15, -0.1) is 0 Å². The average Bonchev–Trinajstić information content (AvgIpc) is 2.83. The van der Waals surface area contributed by atoms with E-state index in [2.05, 4.69) is 15.0 Å². The number of hydrogen-bond donors (Lipinski definition) is 4. The van der Waals surface area contributed by atoms with Gasteiger partial charge in [0.2, 0.25) is 11.0 Å². The summed E-state index contributed by atoms with van der Waals surface area (Å²) in [6.07, 6.45) is -4.04. The van der Waals surface area contributed by atoms with E-state index in [1.807, 2.05) is 18.4 Å². The van der Waals surface area contributed by atoms with Crippen LogP contribution >= 0.6 is 11.6 Å². The van der Waals surface area contributed by atoms with E-state index in [0.717, 1.165) is 5.82 Å². The summed E-state index contributed by atoms with van der Waals surface area (Å²) in [6, 6.07) is 0. The zero-order chi connectivity index (χ0) is 15.8. The lowest BCUT2D eigenvalue weighted by atomic mass is 10.1. The molecule has 9 heteroatoms. The predicted molar refractivity (Wildman–Crippen MR) is 74.2 cm³/mol. The largest absolute Gasteiger partial charge is 0.394 e. The highest BCUT2D eigenvalue weighted by atomic mass is 35.5. The second kappa shape index (κ2) is 4.36. The van der Waals surface area contributed by atoms with Gasteiger partial charge in [0.1, 0.15) is 18.3 Å². The quantitative estimate of drug-likeness (QED) is 0.422. The zero-order valence-corrected chi connectivity index (χ0v) is 12.7. The Morgan fingerprint density at radius 2 is 2.05 bits per heavy atom. The van der Waals surface area contributed by atoms with Crippen molar-refractivity contribution in [1.82, 2.24) is 15.0 Å². The molecule has 118 valence electrons. The van der Waals surface area contributed by atoms with Crippen LogP contribution in [0.3, 0.4) is 0 Å². The first kappa shape index (κ1) is 14.3. The number of halogens is 1. The Morgan fingerprint density at radius 1 is 1.32 bits per heavy atom. The zero-order valence-electron chi connectivity index (χ0n) is 12.0. The molecule has 0 bridgehead atoms. The van der Waals surface area contributed by atoms with E-state index < -0.39 is 24.4 Å². The smallest absolute Gasteiger partial charge is 0.294 e. The molecule has 0 saturated carbocycles. The molecule has 2 aromatic heterocycles. The van der Waals surface area contributed by atoms with Gasteiger partial charge in [0, 0.05) is 0 Å². The van der Waals surface area contributed by atoms with Gasteiger partial charge in [0.15, 0.2) is 17.2 Å². The van der Waals surface area contributed by atoms with E-state index in [1.165, 1.54) is 0 Å². The van der Waals surface area contributed by atoms with Gasteiger partial charge in [-0.2, -0.15) is 0 Å². The number of nitrogens with zero attached hydrogens (tertiary/aromatic N) is 3. The number of aliphatic hydroxyl groups is 3. The molecule has 4 N–H and O–H groups in total. The number of aromatic nitrogens is 4. The van der Waals surface area contributed by atoms with Crippen molar-refractivity contribution in [1.29, 1.82) is 0 Å². The van der Waals surface area contributed by atoms with Crippen molar-refractivity contribution >= 4 is 22.8 Å². The number of H-pyrrole nitrogens is 1. The van der Waals surface area contributed by atoms with Crippen molar-refractivity contribution in [2.75, 3.05) is 6.61 Å². The van der Waals surface area contributed by atoms with Crippen LogP contribution in [-0.4, -0.2) is 55.2 Å². The van der Waals surface area contributed by atoms with Gasteiger partial charge in [-0.3, -0.25) is 0 Å². The standard InChI is InChI=1S/C13H15ClN4O4/c1-13(2)12-16-9(14)5-11(18(12)13)17-10(15-5)8-7(21)6(20)4(3-19)22-8/h4,6-8,19-21H,3H2,1-2H3/p+1/t4-,6-,7-,8+,18?/m1/s1. The SMILES string of the molecule is CC1(C)c2nc(Cl)c3[nH]c([C@H]4O[C@H](CO)[C@@H](O)[C@H]4O)nc3[n+]21. The molecule has 0 unspecified atom stereocenters. The summed E-state index contributed by atoms with van der Waals surface area (Å²) in [5.74, 6) is 1.19. The minimum absolute atomic E-state index is 0.236. The third kappa shape index (κ3) is 1.70. The van der Waals surface area contributed by atoms with Crippen LogP contribution < -0.4 is 4.57 Å². The Labute approximate surface area is 130 Å². The number of aliphatic hydroxyl groups excluding tert-OH is 3. The van der Waals surface area contributed by atoms with Crippen LogP contribution in [0.25, 0.3) is 11.2 Å². The highest BCUT2D eigenvalue weighted by Crippen LogP contribution is 2.36. The van der Waals surface area contributed by atoms with Crippen molar-refractivity contribution in [2.24, 2.45) is 0 Å². The first-order valence-corrected chi connectivity index (χ1v) is 7.38. The van der Waals surface area contributed by atoms with Crippen molar-refractivity contribution < 1.29 is 24.6 Å². The highest BCUT2D eigenvalue weighted by molar-refractivity contribution is 6.33. The number of rotatable bonds is 2. The molecule has 4 rings (SSSR count). The molecule has 4 atom stereocenters. The maximum atomic E-state index is 10.1. The Kier molecular flexibility index (Phi) is 2.83. The second-order valence-corrected chi connectivity index (χ2v) is 6.56. The van der Waals surface area contributed by atoms with Crippen molar-refractivity contribution in [3.63, 3.8) is 0 Å². The Hall–Kier alpha value is -1.32. The molecule has 1 fully saturated rings. The summed E-state index contributed by atoms with van der Waals surface area (Å²) in [7, 11) is 0. The minimum Gasteiger partial charge on any atom is -0.394 e. The fraction of sp³-hybridized carbons (Fsp3) is 0.615. The van der Waals surface area contributed by atoms with Crippen molar-refractivity contribution in [2.45, 2.75) is 43.8 Å². The van der Waals surface area contributed by atoms with Gasteiger partial charge < -0.3 is 25.0 Å². The highest BCUT2D eigenvalue weighted by Gasteiger charge is 2.55. The normalized spacial score (nSPS) is 32.5. The van der Waals surface area contributed by atoms with Gasteiger partial charge in [-0.1, -0.05) is 9.97 Å². The van der Waals surface area contributed by atoms with Crippen LogP contribution in [0.2, 0.25) is 5.15 Å². The van der Waals surface area contributed by atoms with E-state index in [4.69, 9.17) is 21.4 Å². The topological polar surface area (TPSA) is 115 Å². The molecule has 22 heavy (non-hydrogen) atoms. The van der Waals surface area contributed by atoms with E-state index in [0.29, 0.717) is 22.1 Å². The molecule has 8 nitrogen and oxygen atoms in total. The molecule has 0 aliphatic carbocycles. The molecule has 2 aliphatic rings. The van der Waals surface area contributed by atoms with Gasteiger partial charge in [0.05, 0.1) is 6.61 Å². The lowest BCUT2D eigenvalue weighted by Gasteiger charge is -2.10. The average molecular weight is 328 g/mol. The van der Waals surface area contributed by atoms with Crippen LogP contribution in [0, 0.1) is 0 Å². The number of aromatic amines is 1. The minimum atomic E-state index is -1.17. The number of ether oxygens (including phenoxy) is 1. The van der Waals surface area contributed by atoms with Crippen LogP contribution in [-0.2, 0) is 10.3 Å². The third-order valence-electron chi connectivity index (χ3n) is 4.41. The molecule has 1 saturated heterocycles. The van der Waals surface area contributed by atoms with Gasteiger partial charge in [-0.25, -0.2) is 4.57 Å². The third-order valence-corrected chi connectivity index (χ3v) is 4.68. The molecular weight excluding hydrogens is 312 g/mol. The summed E-state index contributed by atoms with van der Waals surface area (Å²) in [4.78, 5) is 11.8. The Balaban J connectivity index is 1.80. The van der Waals surface area contributed by atoms with Crippen LogP contribution in [0.1, 0.15) is 31.6 Å². The number of fused-ring (bicyclic) bond motifs is 3. The van der Waals surface area contributed by atoms with Crippen molar-refractivity contribution in [3.05, 3.63) is 16.8 Å². The van der Waals surface area contributed by atoms with Crippen molar-refractivity contribution in [3.8, 4) is 0 Å². The van der Waals surface area contributed by atoms with Crippen LogP contribution in [0.4, 0.5) is 0 Å². The Bertz CT molecular complexity index is 777. The summed E-state index contributed by atoms with van der Waals surface area (Å²) < 4.78 is 7.42. The molecule has 0 spiro atoms. The summed E-state index contributed by atoms with van der Waals surface area (Å²) >= 11 is 6.18. The predicted octanol–water partition coefficient (Wildman–Crippen LogP) is -0.850. The van der Waals surface area contributed by atoms with Crippen LogP contribution in [0.15, 0.2) is 0 Å². The monoisotopic (exact) mass is 327 g/mol.